The van der Waals surface area contributed by atoms with Gasteiger partial charge in [-0.2, -0.15) is 0 Å². The lowest BCUT2D eigenvalue weighted by molar-refractivity contribution is -0.184. The first kappa shape index (κ1) is 11.6. The van der Waals surface area contributed by atoms with E-state index in [9.17, 15) is 9.59 Å². The molecule has 3 nitrogen and oxygen atoms in total. The zero-order chi connectivity index (χ0) is 11.4. The smallest absolute Gasteiger partial charge is 0.328 e. The van der Waals surface area contributed by atoms with Gasteiger partial charge in [0.1, 0.15) is 0 Å². The van der Waals surface area contributed by atoms with E-state index in [1.54, 1.807) is 0 Å². The molecule has 0 N–H and O–H groups in total. The highest BCUT2D eigenvalue weighted by atomic mass is 16.6. The van der Waals surface area contributed by atoms with Crippen LogP contribution in [0.15, 0.2) is 0 Å². The van der Waals surface area contributed by atoms with E-state index in [2.05, 4.69) is 4.74 Å². The fourth-order valence-electron chi connectivity index (χ4n) is 2.77. The lowest BCUT2D eigenvalue weighted by atomic mass is 9.85. The number of hydrogen-bond donors (Lipinski definition) is 0. The van der Waals surface area contributed by atoms with Crippen LogP contribution in [0.3, 0.4) is 0 Å². The van der Waals surface area contributed by atoms with Gasteiger partial charge in [-0.3, -0.25) is 9.59 Å². The number of ether oxygens (including phenoxy) is 1. The minimum absolute atomic E-state index is 0.317. The summed E-state index contributed by atoms with van der Waals surface area (Å²) in [5.41, 5.74) is 0. The average Bonchev–Trinajstić information content (AvgIpc) is 2.30. The highest BCUT2D eigenvalue weighted by Crippen LogP contribution is 2.29. The maximum absolute atomic E-state index is 10.9. The summed E-state index contributed by atoms with van der Waals surface area (Å²) in [6.45, 7) is 0. The second kappa shape index (κ2) is 5.46. The molecule has 3 heteroatoms. The SMILES string of the molecule is O=C1OC(=O)C1CCCCC1CCCCC1. The maximum atomic E-state index is 10.9. The maximum Gasteiger partial charge on any atom is 0.328 e. The molecule has 1 saturated carbocycles. The largest absolute Gasteiger partial charge is 0.392 e. The van der Waals surface area contributed by atoms with E-state index in [0.29, 0.717) is 6.42 Å². The van der Waals surface area contributed by atoms with Crippen LogP contribution in [0.5, 0.6) is 0 Å². The number of esters is 2. The van der Waals surface area contributed by atoms with E-state index in [0.717, 1.165) is 18.8 Å². The molecule has 0 aromatic heterocycles. The fourth-order valence-corrected chi connectivity index (χ4v) is 2.77. The van der Waals surface area contributed by atoms with Crippen LogP contribution in [0.2, 0.25) is 0 Å². The Labute approximate surface area is 96.5 Å². The van der Waals surface area contributed by atoms with Gasteiger partial charge in [0.15, 0.2) is 5.92 Å². The monoisotopic (exact) mass is 224 g/mol. The Hall–Kier alpha value is -0.860. The molecule has 0 aromatic carbocycles. The number of hydrogen-bond acceptors (Lipinski definition) is 3. The fraction of sp³-hybridized carbons (Fsp3) is 0.846. The van der Waals surface area contributed by atoms with Gasteiger partial charge in [-0.05, 0) is 12.3 Å². The Morgan fingerprint density at radius 2 is 1.56 bits per heavy atom. The first-order chi connectivity index (χ1) is 7.77. The molecule has 1 saturated heterocycles. The van der Waals surface area contributed by atoms with Crippen LogP contribution >= 0.6 is 0 Å². The number of carbonyl (C=O) groups excluding carboxylic acids is 2. The predicted molar refractivity (Wildman–Crippen MR) is 59.6 cm³/mol. The number of carbonyl (C=O) groups is 2. The van der Waals surface area contributed by atoms with Gasteiger partial charge in [-0.25, -0.2) is 0 Å². The van der Waals surface area contributed by atoms with Crippen LogP contribution in [0.4, 0.5) is 0 Å². The Kier molecular flexibility index (Phi) is 3.97. The minimum atomic E-state index is -0.425. The molecule has 0 bridgehead atoms. The summed E-state index contributed by atoms with van der Waals surface area (Å²) in [4.78, 5) is 21.8. The highest BCUT2D eigenvalue weighted by Gasteiger charge is 2.40. The molecular weight excluding hydrogens is 204 g/mol. The Balaban J connectivity index is 1.54. The van der Waals surface area contributed by atoms with Crippen molar-refractivity contribution in [3.05, 3.63) is 0 Å². The molecule has 1 aliphatic heterocycles. The van der Waals surface area contributed by atoms with Gasteiger partial charge < -0.3 is 4.74 Å². The molecule has 0 aromatic rings. The van der Waals surface area contributed by atoms with Gasteiger partial charge in [0.25, 0.3) is 0 Å². The van der Waals surface area contributed by atoms with E-state index in [-0.39, 0.29) is 11.9 Å². The first-order valence-corrected chi connectivity index (χ1v) is 6.53. The molecule has 0 amide bonds. The van der Waals surface area contributed by atoms with E-state index in [1.165, 1.54) is 38.5 Å². The summed E-state index contributed by atoms with van der Waals surface area (Å²) in [5, 5.41) is 0. The summed E-state index contributed by atoms with van der Waals surface area (Å²) in [7, 11) is 0. The summed E-state index contributed by atoms with van der Waals surface area (Å²) < 4.78 is 4.32. The first-order valence-electron chi connectivity index (χ1n) is 6.53. The third-order valence-electron chi connectivity index (χ3n) is 3.85. The molecule has 2 aliphatic rings. The van der Waals surface area contributed by atoms with E-state index < -0.39 is 5.92 Å². The summed E-state index contributed by atoms with van der Waals surface area (Å²) in [6.07, 6.45) is 11.0. The van der Waals surface area contributed by atoms with Crippen molar-refractivity contribution in [3.8, 4) is 0 Å². The summed E-state index contributed by atoms with van der Waals surface area (Å²) in [6, 6.07) is 0. The van der Waals surface area contributed by atoms with Crippen molar-refractivity contribution >= 4 is 11.9 Å². The van der Waals surface area contributed by atoms with Gasteiger partial charge in [0.05, 0.1) is 0 Å². The quantitative estimate of drug-likeness (QED) is 0.410. The zero-order valence-corrected chi connectivity index (χ0v) is 9.74. The number of rotatable bonds is 5. The van der Waals surface area contributed by atoms with E-state index >= 15 is 0 Å². The second-order valence-electron chi connectivity index (χ2n) is 5.08. The average molecular weight is 224 g/mol. The number of unbranched alkanes of at least 4 members (excludes halogenated alkanes) is 1. The highest BCUT2D eigenvalue weighted by molar-refractivity contribution is 6.09. The predicted octanol–water partition coefficient (Wildman–Crippen LogP) is 2.83. The van der Waals surface area contributed by atoms with Crippen molar-refractivity contribution in [2.75, 3.05) is 0 Å². The third-order valence-corrected chi connectivity index (χ3v) is 3.85. The molecule has 90 valence electrons. The Morgan fingerprint density at radius 3 is 2.19 bits per heavy atom. The van der Waals surface area contributed by atoms with Crippen molar-refractivity contribution in [3.63, 3.8) is 0 Å². The summed E-state index contributed by atoms with van der Waals surface area (Å²) >= 11 is 0. The van der Waals surface area contributed by atoms with Crippen molar-refractivity contribution in [2.24, 2.45) is 11.8 Å². The molecule has 1 aliphatic carbocycles. The standard InChI is InChI=1S/C13H20O3/c14-12-11(13(15)16-12)9-5-4-8-10-6-2-1-3-7-10/h10-11H,1-9H2. The van der Waals surface area contributed by atoms with Gasteiger partial charge in [0, 0.05) is 0 Å². The topological polar surface area (TPSA) is 43.4 Å². The van der Waals surface area contributed by atoms with Crippen molar-refractivity contribution in [2.45, 2.75) is 57.8 Å². The molecule has 0 atom stereocenters. The minimum Gasteiger partial charge on any atom is -0.392 e. The van der Waals surface area contributed by atoms with E-state index in [4.69, 9.17) is 0 Å². The normalized spacial score (nSPS) is 23.0. The Morgan fingerprint density at radius 1 is 0.938 bits per heavy atom. The lowest BCUT2D eigenvalue weighted by Gasteiger charge is -2.23. The van der Waals surface area contributed by atoms with Crippen molar-refractivity contribution in [1.82, 2.24) is 0 Å². The van der Waals surface area contributed by atoms with Crippen molar-refractivity contribution < 1.29 is 14.3 Å². The third kappa shape index (κ3) is 2.83. The molecule has 16 heavy (non-hydrogen) atoms. The van der Waals surface area contributed by atoms with Crippen LogP contribution in [-0.4, -0.2) is 11.9 Å². The molecular formula is C13H20O3. The van der Waals surface area contributed by atoms with Crippen LogP contribution in [0, 0.1) is 11.8 Å². The molecule has 0 spiro atoms. The van der Waals surface area contributed by atoms with Crippen molar-refractivity contribution in [1.29, 1.82) is 0 Å². The second-order valence-corrected chi connectivity index (χ2v) is 5.08. The zero-order valence-electron chi connectivity index (χ0n) is 9.74. The van der Waals surface area contributed by atoms with Gasteiger partial charge >= 0.3 is 11.9 Å². The van der Waals surface area contributed by atoms with Gasteiger partial charge in [-0.15, -0.1) is 0 Å². The number of cyclic esters (lactones) is 2. The van der Waals surface area contributed by atoms with Crippen LogP contribution in [0.25, 0.3) is 0 Å². The van der Waals surface area contributed by atoms with Crippen LogP contribution in [0.1, 0.15) is 57.8 Å². The van der Waals surface area contributed by atoms with Crippen LogP contribution < -0.4 is 0 Å². The molecule has 2 fully saturated rings. The lowest BCUT2D eigenvalue weighted by Crippen LogP contribution is -2.40. The van der Waals surface area contributed by atoms with Gasteiger partial charge in [0.2, 0.25) is 0 Å². The van der Waals surface area contributed by atoms with Crippen LogP contribution in [-0.2, 0) is 14.3 Å². The Bertz CT molecular complexity index is 252. The molecule has 2 rings (SSSR count). The molecule has 0 radical (unpaired) electrons. The molecule has 1 heterocycles. The van der Waals surface area contributed by atoms with E-state index in [1.807, 2.05) is 0 Å². The van der Waals surface area contributed by atoms with Gasteiger partial charge in [-0.1, -0.05) is 51.4 Å². The summed E-state index contributed by atoms with van der Waals surface area (Å²) in [5.74, 6) is -0.158. The molecule has 0 unspecified atom stereocenters.